The highest BCUT2D eigenvalue weighted by Crippen LogP contribution is 2.20. The summed E-state index contributed by atoms with van der Waals surface area (Å²) in [6.07, 6.45) is 4.75. The lowest BCUT2D eigenvalue weighted by molar-refractivity contribution is 0.307. The van der Waals surface area contributed by atoms with Crippen LogP contribution in [0.25, 0.3) is 0 Å². The largest absolute Gasteiger partial charge is 0.493 e. The molecule has 2 aromatic carbocycles. The number of rotatable bonds is 9. The molecule has 0 amide bonds. The molecule has 2 heteroatoms. The molecule has 0 spiro atoms. The molecule has 0 aliphatic heterocycles. The van der Waals surface area contributed by atoms with Crippen LogP contribution in [0, 0.1) is 13.8 Å². The highest BCUT2D eigenvalue weighted by molar-refractivity contribution is 5.45. The van der Waals surface area contributed by atoms with E-state index >= 15 is 0 Å². The Morgan fingerprint density at radius 1 is 0.769 bits per heavy atom. The Morgan fingerprint density at radius 2 is 1.42 bits per heavy atom. The third-order valence-electron chi connectivity index (χ3n) is 4.42. The Labute approximate surface area is 161 Å². The van der Waals surface area contributed by atoms with Crippen LogP contribution in [0.15, 0.2) is 48.5 Å². The van der Waals surface area contributed by atoms with Crippen molar-refractivity contribution in [3.63, 3.8) is 0 Å². The fourth-order valence-corrected chi connectivity index (χ4v) is 2.76. The van der Waals surface area contributed by atoms with Crippen molar-refractivity contribution >= 4 is 5.69 Å². The van der Waals surface area contributed by atoms with Gasteiger partial charge in [0.05, 0.1) is 6.61 Å². The van der Waals surface area contributed by atoms with E-state index in [2.05, 4.69) is 75.9 Å². The van der Waals surface area contributed by atoms with Gasteiger partial charge in [0, 0.05) is 18.8 Å². The normalized spacial score (nSPS) is 10.0. The van der Waals surface area contributed by atoms with Crippen LogP contribution in [0.2, 0.25) is 0 Å². The fourth-order valence-electron chi connectivity index (χ4n) is 2.76. The van der Waals surface area contributed by atoms with Crippen molar-refractivity contribution in [2.45, 2.75) is 60.3 Å². The van der Waals surface area contributed by atoms with E-state index in [1.807, 2.05) is 12.1 Å². The summed E-state index contributed by atoms with van der Waals surface area (Å²) in [7, 11) is 0. The van der Waals surface area contributed by atoms with Crippen LogP contribution >= 0.6 is 0 Å². The van der Waals surface area contributed by atoms with Gasteiger partial charge in [-0.25, -0.2) is 0 Å². The van der Waals surface area contributed by atoms with Gasteiger partial charge in [0.2, 0.25) is 0 Å². The highest BCUT2D eigenvalue weighted by Gasteiger charge is 2.02. The van der Waals surface area contributed by atoms with Crippen LogP contribution in [0.5, 0.6) is 5.75 Å². The summed E-state index contributed by atoms with van der Waals surface area (Å²) in [5.41, 5.74) is 3.92. The maximum absolute atomic E-state index is 5.66. The van der Waals surface area contributed by atoms with Crippen LogP contribution in [-0.2, 0) is 0 Å². The summed E-state index contributed by atoms with van der Waals surface area (Å²) in [6.45, 7) is 14.0. The lowest BCUT2D eigenvalue weighted by Gasteiger charge is -2.23. The molecule has 2 nitrogen and oxygen atoms in total. The van der Waals surface area contributed by atoms with Crippen molar-refractivity contribution in [3.05, 3.63) is 59.7 Å². The van der Waals surface area contributed by atoms with Gasteiger partial charge in [-0.2, -0.15) is 0 Å². The zero-order valence-electron chi connectivity index (χ0n) is 17.4. The molecule has 0 unspecified atom stereocenters. The van der Waals surface area contributed by atoms with Crippen molar-refractivity contribution in [2.75, 3.05) is 24.6 Å². The smallest absolute Gasteiger partial charge is 0.122 e. The van der Waals surface area contributed by atoms with Gasteiger partial charge < -0.3 is 9.64 Å². The molecule has 2 aromatic rings. The molecule has 0 aliphatic carbocycles. The molecule has 0 atom stereocenters. The predicted octanol–water partition coefficient (Wildman–Crippen LogP) is 6.80. The van der Waals surface area contributed by atoms with Gasteiger partial charge in [-0.05, 0) is 62.4 Å². The van der Waals surface area contributed by atoms with Crippen LogP contribution in [0.1, 0.15) is 57.6 Å². The second kappa shape index (κ2) is 13.3. The van der Waals surface area contributed by atoms with E-state index in [1.54, 1.807) is 0 Å². The Hall–Kier alpha value is -1.96. The molecule has 0 fully saturated rings. The molecule has 0 radical (unpaired) electrons. The van der Waals surface area contributed by atoms with Crippen molar-refractivity contribution < 1.29 is 4.74 Å². The summed E-state index contributed by atoms with van der Waals surface area (Å²) in [6, 6.07) is 16.8. The zero-order valence-corrected chi connectivity index (χ0v) is 17.4. The van der Waals surface area contributed by atoms with Gasteiger partial charge in [-0.15, -0.1) is 0 Å². The average molecular weight is 356 g/mol. The quantitative estimate of drug-likeness (QED) is 0.459. The van der Waals surface area contributed by atoms with E-state index in [4.69, 9.17) is 4.74 Å². The van der Waals surface area contributed by atoms with Crippen LogP contribution in [0.3, 0.4) is 0 Å². The molecule has 0 aromatic heterocycles. The van der Waals surface area contributed by atoms with Crippen LogP contribution in [-0.4, -0.2) is 19.7 Å². The molecule has 0 saturated carbocycles. The van der Waals surface area contributed by atoms with Crippen molar-refractivity contribution in [2.24, 2.45) is 0 Å². The van der Waals surface area contributed by atoms with Gasteiger partial charge in [-0.1, -0.05) is 57.5 Å². The minimum absolute atomic E-state index is 0.834. The Balaban J connectivity index is 0.000000260. The minimum atomic E-state index is 0.834. The summed E-state index contributed by atoms with van der Waals surface area (Å²) in [5.74, 6) is 1.04. The number of hydrogen-bond donors (Lipinski definition) is 0. The molecule has 144 valence electrons. The predicted molar refractivity (Wildman–Crippen MR) is 116 cm³/mol. The topological polar surface area (TPSA) is 12.5 Å². The first-order valence-electron chi connectivity index (χ1n) is 10.1. The van der Waals surface area contributed by atoms with E-state index in [1.165, 1.54) is 36.1 Å². The highest BCUT2D eigenvalue weighted by atomic mass is 16.5. The lowest BCUT2D eigenvalue weighted by atomic mass is 10.1. The first kappa shape index (κ1) is 22.1. The SMILES string of the molecule is CCCCOc1cccc(C)c1C.CCCN(CCC)c1ccccc1. The van der Waals surface area contributed by atoms with E-state index in [0.29, 0.717) is 0 Å². The Kier molecular flexibility index (Phi) is 11.3. The lowest BCUT2D eigenvalue weighted by Crippen LogP contribution is -2.24. The first-order chi connectivity index (χ1) is 12.6. The summed E-state index contributed by atoms with van der Waals surface area (Å²) >= 11 is 0. The van der Waals surface area contributed by atoms with E-state index in [9.17, 15) is 0 Å². The summed E-state index contributed by atoms with van der Waals surface area (Å²) in [5, 5.41) is 0. The summed E-state index contributed by atoms with van der Waals surface area (Å²) in [4.78, 5) is 2.44. The number of ether oxygens (including phenoxy) is 1. The minimum Gasteiger partial charge on any atom is -0.493 e. The number of aryl methyl sites for hydroxylation is 1. The first-order valence-corrected chi connectivity index (χ1v) is 10.1. The summed E-state index contributed by atoms with van der Waals surface area (Å²) < 4.78 is 5.66. The third kappa shape index (κ3) is 7.95. The van der Waals surface area contributed by atoms with Gasteiger partial charge >= 0.3 is 0 Å². The van der Waals surface area contributed by atoms with E-state index in [-0.39, 0.29) is 0 Å². The van der Waals surface area contributed by atoms with Crippen molar-refractivity contribution in [1.29, 1.82) is 0 Å². The molecule has 0 aliphatic rings. The number of nitrogens with zero attached hydrogens (tertiary/aromatic N) is 1. The molecule has 2 rings (SSSR count). The fraction of sp³-hybridized carbons (Fsp3) is 0.500. The molecule has 0 heterocycles. The number of para-hydroxylation sites is 1. The molecular weight excluding hydrogens is 318 g/mol. The molecule has 0 saturated heterocycles. The zero-order chi connectivity index (χ0) is 19.2. The molecule has 0 N–H and O–H groups in total. The maximum atomic E-state index is 5.66. The third-order valence-corrected chi connectivity index (χ3v) is 4.42. The van der Waals surface area contributed by atoms with Gasteiger partial charge in [-0.3, -0.25) is 0 Å². The standard InChI is InChI=1S/C12H19N.C12H18O/c1-3-10-13(11-4-2)12-8-6-5-7-9-12;1-4-5-9-13-12-8-6-7-10(2)11(12)3/h5-9H,3-4,10-11H2,1-2H3;6-8H,4-5,9H2,1-3H3. The second-order valence-electron chi connectivity index (χ2n) is 6.72. The Morgan fingerprint density at radius 3 is 2.00 bits per heavy atom. The van der Waals surface area contributed by atoms with Crippen LogP contribution in [0.4, 0.5) is 5.69 Å². The van der Waals surface area contributed by atoms with Gasteiger partial charge in [0.1, 0.15) is 5.75 Å². The maximum Gasteiger partial charge on any atom is 0.122 e. The molecule has 26 heavy (non-hydrogen) atoms. The molecule has 0 bridgehead atoms. The van der Waals surface area contributed by atoms with E-state index in [0.717, 1.165) is 31.9 Å². The Bertz CT molecular complexity index is 588. The van der Waals surface area contributed by atoms with Crippen molar-refractivity contribution in [3.8, 4) is 5.75 Å². The van der Waals surface area contributed by atoms with E-state index < -0.39 is 0 Å². The van der Waals surface area contributed by atoms with Gasteiger partial charge in [0.25, 0.3) is 0 Å². The monoisotopic (exact) mass is 355 g/mol. The molecular formula is C24H37NO. The van der Waals surface area contributed by atoms with Gasteiger partial charge in [0.15, 0.2) is 0 Å². The number of hydrogen-bond acceptors (Lipinski definition) is 2. The second-order valence-corrected chi connectivity index (χ2v) is 6.72. The van der Waals surface area contributed by atoms with Crippen molar-refractivity contribution in [1.82, 2.24) is 0 Å². The van der Waals surface area contributed by atoms with Crippen LogP contribution < -0.4 is 9.64 Å². The number of benzene rings is 2. The number of anilines is 1. The number of unbranched alkanes of at least 4 members (excludes halogenated alkanes) is 1. The average Bonchev–Trinajstić information content (AvgIpc) is 2.66.